The summed E-state index contributed by atoms with van der Waals surface area (Å²) in [5, 5.41) is 0. The Morgan fingerprint density at radius 1 is 1.00 bits per heavy atom. The van der Waals surface area contributed by atoms with Crippen molar-refractivity contribution in [3.63, 3.8) is 0 Å². The maximum atomic E-state index is 12.9. The Morgan fingerprint density at radius 2 is 1.69 bits per heavy atom. The van der Waals surface area contributed by atoms with Gasteiger partial charge in [0.15, 0.2) is 5.78 Å². The Kier molecular flexibility index (Phi) is 2.68. The van der Waals surface area contributed by atoms with Gasteiger partial charge in [-0.15, -0.1) is 0 Å². The molecule has 0 radical (unpaired) electrons. The molecule has 3 heteroatoms. The van der Waals surface area contributed by atoms with Crippen molar-refractivity contribution in [1.29, 1.82) is 0 Å². The van der Waals surface area contributed by atoms with Gasteiger partial charge in [0, 0.05) is 11.1 Å². The molecule has 0 spiro atoms. The topological polar surface area (TPSA) is 43.1 Å². The molecule has 0 saturated carbocycles. The highest BCUT2D eigenvalue weighted by Gasteiger charge is 2.09. The lowest BCUT2D eigenvalue weighted by Crippen LogP contribution is -2.02. The first-order valence-electron chi connectivity index (χ1n) is 4.83. The second-order valence-electron chi connectivity index (χ2n) is 3.43. The summed E-state index contributed by atoms with van der Waals surface area (Å²) >= 11 is 0. The number of carbonyl (C=O) groups excluding carboxylic acids is 1. The van der Waals surface area contributed by atoms with Crippen molar-refractivity contribution in [2.45, 2.75) is 0 Å². The zero-order valence-electron chi connectivity index (χ0n) is 8.48. The van der Waals surface area contributed by atoms with Crippen molar-refractivity contribution in [3.05, 3.63) is 65.5 Å². The average molecular weight is 215 g/mol. The lowest BCUT2D eigenvalue weighted by Gasteiger charge is -2.02. The quantitative estimate of drug-likeness (QED) is 0.618. The maximum Gasteiger partial charge on any atom is 0.193 e. The van der Waals surface area contributed by atoms with Gasteiger partial charge in [0.2, 0.25) is 0 Å². The number of anilines is 1. The average Bonchev–Trinajstić information content (AvgIpc) is 2.33. The maximum absolute atomic E-state index is 12.9. The van der Waals surface area contributed by atoms with Gasteiger partial charge < -0.3 is 5.73 Å². The minimum atomic E-state index is -0.510. The largest absolute Gasteiger partial charge is 0.396 e. The molecule has 2 nitrogen and oxygen atoms in total. The number of halogens is 1. The molecule has 0 aliphatic carbocycles. The summed E-state index contributed by atoms with van der Waals surface area (Å²) in [6, 6.07) is 12.8. The second kappa shape index (κ2) is 4.14. The molecular formula is C13H10FNO. The van der Waals surface area contributed by atoms with Gasteiger partial charge in [0.05, 0.1) is 5.69 Å². The molecule has 0 amide bonds. The van der Waals surface area contributed by atoms with Crippen LogP contribution in [0, 0.1) is 5.82 Å². The van der Waals surface area contributed by atoms with Crippen LogP contribution in [0.25, 0.3) is 0 Å². The van der Waals surface area contributed by atoms with Crippen LogP contribution in [-0.2, 0) is 0 Å². The van der Waals surface area contributed by atoms with Crippen LogP contribution in [-0.4, -0.2) is 5.78 Å². The van der Waals surface area contributed by atoms with Crippen LogP contribution < -0.4 is 5.73 Å². The summed E-state index contributed by atoms with van der Waals surface area (Å²) in [7, 11) is 0. The third-order valence-electron chi connectivity index (χ3n) is 2.29. The molecule has 0 fully saturated rings. The lowest BCUT2D eigenvalue weighted by atomic mass is 10.0. The number of nitrogens with two attached hydrogens (primary N) is 1. The van der Waals surface area contributed by atoms with Crippen LogP contribution >= 0.6 is 0 Å². The van der Waals surface area contributed by atoms with Gasteiger partial charge >= 0.3 is 0 Å². The molecule has 0 heterocycles. The lowest BCUT2D eigenvalue weighted by molar-refractivity contribution is 0.103. The molecule has 0 aliphatic rings. The van der Waals surface area contributed by atoms with E-state index in [1.165, 1.54) is 18.2 Å². The minimum Gasteiger partial charge on any atom is -0.396 e. The molecule has 0 bridgehead atoms. The zero-order valence-corrected chi connectivity index (χ0v) is 8.48. The van der Waals surface area contributed by atoms with E-state index in [-0.39, 0.29) is 11.5 Å². The van der Waals surface area contributed by atoms with E-state index >= 15 is 0 Å². The number of benzene rings is 2. The second-order valence-corrected chi connectivity index (χ2v) is 3.43. The fourth-order valence-electron chi connectivity index (χ4n) is 1.44. The van der Waals surface area contributed by atoms with Crippen molar-refractivity contribution in [2.24, 2.45) is 0 Å². The fraction of sp³-hybridized carbons (Fsp3) is 0. The first kappa shape index (κ1) is 10.4. The molecule has 0 aliphatic heterocycles. The third-order valence-corrected chi connectivity index (χ3v) is 2.29. The smallest absolute Gasteiger partial charge is 0.193 e. The van der Waals surface area contributed by atoms with E-state index in [1.807, 2.05) is 6.07 Å². The molecule has 2 aromatic carbocycles. The van der Waals surface area contributed by atoms with Crippen LogP contribution in [0.1, 0.15) is 15.9 Å². The number of hydrogen-bond acceptors (Lipinski definition) is 2. The van der Waals surface area contributed by atoms with E-state index in [0.717, 1.165) is 0 Å². The number of rotatable bonds is 2. The first-order chi connectivity index (χ1) is 7.68. The van der Waals surface area contributed by atoms with E-state index in [1.54, 1.807) is 24.3 Å². The highest BCUT2D eigenvalue weighted by atomic mass is 19.1. The standard InChI is InChI=1S/C13H10FNO/c14-11-7-6-10(8-12(11)15)13(16)9-4-2-1-3-5-9/h1-8H,15H2. The van der Waals surface area contributed by atoms with Crippen molar-refractivity contribution >= 4 is 11.5 Å². The molecule has 0 atom stereocenters. The van der Waals surface area contributed by atoms with E-state index in [9.17, 15) is 9.18 Å². The molecule has 80 valence electrons. The molecule has 2 N–H and O–H groups in total. The SMILES string of the molecule is Nc1cc(C(=O)c2ccccc2)ccc1F. The van der Waals surface area contributed by atoms with Gasteiger partial charge in [-0.3, -0.25) is 4.79 Å². The number of hydrogen-bond donors (Lipinski definition) is 1. The molecular weight excluding hydrogens is 205 g/mol. The predicted molar refractivity (Wildman–Crippen MR) is 60.7 cm³/mol. The highest BCUT2D eigenvalue weighted by molar-refractivity contribution is 6.09. The number of carbonyl (C=O) groups is 1. The Morgan fingerprint density at radius 3 is 2.31 bits per heavy atom. The van der Waals surface area contributed by atoms with Gasteiger partial charge in [-0.05, 0) is 18.2 Å². The Balaban J connectivity index is 2.39. The molecule has 0 unspecified atom stereocenters. The van der Waals surface area contributed by atoms with E-state index in [4.69, 9.17) is 5.73 Å². The van der Waals surface area contributed by atoms with E-state index in [0.29, 0.717) is 11.1 Å². The normalized spacial score (nSPS) is 10.1. The summed E-state index contributed by atoms with van der Waals surface area (Å²) < 4.78 is 12.9. The third kappa shape index (κ3) is 1.93. The van der Waals surface area contributed by atoms with Crippen LogP contribution in [0.4, 0.5) is 10.1 Å². The molecule has 16 heavy (non-hydrogen) atoms. The van der Waals surface area contributed by atoms with Gasteiger partial charge in [0.25, 0.3) is 0 Å². The molecule has 0 aromatic heterocycles. The first-order valence-corrected chi connectivity index (χ1v) is 4.83. The molecule has 2 rings (SSSR count). The van der Waals surface area contributed by atoms with Crippen LogP contribution in [0.2, 0.25) is 0 Å². The van der Waals surface area contributed by atoms with Gasteiger partial charge in [-0.1, -0.05) is 30.3 Å². The van der Waals surface area contributed by atoms with Gasteiger partial charge in [0.1, 0.15) is 5.82 Å². The van der Waals surface area contributed by atoms with E-state index < -0.39 is 5.82 Å². The zero-order chi connectivity index (χ0) is 11.5. The Labute approximate surface area is 92.5 Å². The summed E-state index contributed by atoms with van der Waals surface area (Å²) in [5.74, 6) is -0.670. The highest BCUT2D eigenvalue weighted by Crippen LogP contribution is 2.15. The minimum absolute atomic E-state index is 0.0122. The summed E-state index contributed by atoms with van der Waals surface area (Å²) in [5.41, 5.74) is 6.35. The summed E-state index contributed by atoms with van der Waals surface area (Å²) in [4.78, 5) is 11.9. The fourth-order valence-corrected chi connectivity index (χ4v) is 1.44. The van der Waals surface area contributed by atoms with Crippen LogP contribution in [0.3, 0.4) is 0 Å². The van der Waals surface area contributed by atoms with Crippen LogP contribution in [0.5, 0.6) is 0 Å². The van der Waals surface area contributed by atoms with Gasteiger partial charge in [-0.25, -0.2) is 4.39 Å². The van der Waals surface area contributed by atoms with Gasteiger partial charge in [-0.2, -0.15) is 0 Å². The molecule has 0 saturated heterocycles. The number of ketones is 1. The van der Waals surface area contributed by atoms with Crippen molar-refractivity contribution in [2.75, 3.05) is 5.73 Å². The molecule has 2 aromatic rings. The summed E-state index contributed by atoms with van der Waals surface area (Å²) in [6.07, 6.45) is 0. The van der Waals surface area contributed by atoms with Crippen molar-refractivity contribution < 1.29 is 9.18 Å². The Hall–Kier alpha value is -2.16. The van der Waals surface area contributed by atoms with Crippen LogP contribution in [0.15, 0.2) is 48.5 Å². The van der Waals surface area contributed by atoms with E-state index in [2.05, 4.69) is 0 Å². The van der Waals surface area contributed by atoms with Crippen molar-refractivity contribution in [1.82, 2.24) is 0 Å². The van der Waals surface area contributed by atoms with Crippen molar-refractivity contribution in [3.8, 4) is 0 Å². The number of nitrogen functional groups attached to an aromatic ring is 1. The Bertz CT molecular complexity index is 523. The summed E-state index contributed by atoms with van der Waals surface area (Å²) in [6.45, 7) is 0. The monoisotopic (exact) mass is 215 g/mol. The predicted octanol–water partition coefficient (Wildman–Crippen LogP) is 2.64.